The van der Waals surface area contributed by atoms with Crippen LogP contribution in [0.15, 0.2) is 41.3 Å². The van der Waals surface area contributed by atoms with Crippen LogP contribution in [-0.2, 0) is 4.79 Å². The van der Waals surface area contributed by atoms with Gasteiger partial charge >= 0.3 is 0 Å². The van der Waals surface area contributed by atoms with E-state index in [1.54, 1.807) is 6.20 Å². The summed E-state index contributed by atoms with van der Waals surface area (Å²) < 4.78 is 5.21. The topological polar surface area (TPSA) is 75.4 Å². The minimum atomic E-state index is -0.816. The Morgan fingerprint density at radius 1 is 1.29 bits per heavy atom. The number of carbonyl (C=O) groups excluding carboxylic acids is 1. The van der Waals surface area contributed by atoms with Gasteiger partial charge in [-0.05, 0) is 37.1 Å². The zero-order valence-corrected chi connectivity index (χ0v) is 11.7. The van der Waals surface area contributed by atoms with E-state index >= 15 is 0 Å². The molecular weight excluding hydrogens is 268 g/mol. The van der Waals surface area contributed by atoms with E-state index in [0.717, 1.165) is 18.4 Å². The number of nitrogens with one attached hydrogen (secondary N) is 1. The number of benzene rings is 1. The molecule has 0 radical (unpaired) electrons. The lowest BCUT2D eigenvalue weighted by molar-refractivity contribution is -0.120. The monoisotopic (exact) mass is 286 g/mol. The van der Waals surface area contributed by atoms with Crippen molar-refractivity contribution in [3.05, 3.63) is 36.9 Å². The zero-order valence-electron chi connectivity index (χ0n) is 11.7. The largest absolute Gasteiger partial charge is 0.444 e. The van der Waals surface area contributed by atoms with E-state index in [1.807, 2.05) is 24.3 Å². The van der Waals surface area contributed by atoms with Crippen LogP contribution in [0.5, 0.6) is 0 Å². The highest BCUT2D eigenvalue weighted by Gasteiger charge is 2.33. The number of aromatic nitrogens is 1. The van der Waals surface area contributed by atoms with Gasteiger partial charge in [0, 0.05) is 11.3 Å². The molecule has 3 rings (SSSR count). The van der Waals surface area contributed by atoms with Crippen LogP contribution < -0.4 is 5.32 Å². The molecule has 5 nitrogen and oxygen atoms in total. The van der Waals surface area contributed by atoms with Gasteiger partial charge in [-0.25, -0.2) is 4.98 Å². The van der Waals surface area contributed by atoms with Crippen molar-refractivity contribution < 1.29 is 14.3 Å². The third-order valence-corrected chi connectivity index (χ3v) is 3.91. The second-order valence-electron chi connectivity index (χ2n) is 5.60. The van der Waals surface area contributed by atoms with E-state index in [4.69, 9.17) is 4.42 Å². The molecule has 2 aromatic rings. The van der Waals surface area contributed by atoms with Crippen molar-refractivity contribution in [2.45, 2.75) is 37.7 Å². The molecule has 0 unspecified atom stereocenters. The molecule has 1 aliphatic carbocycles. The highest BCUT2D eigenvalue weighted by molar-refractivity contribution is 5.91. The molecule has 1 fully saturated rings. The van der Waals surface area contributed by atoms with Crippen molar-refractivity contribution in [2.24, 2.45) is 0 Å². The maximum atomic E-state index is 12.0. The number of hydrogen-bond acceptors (Lipinski definition) is 4. The van der Waals surface area contributed by atoms with E-state index in [-0.39, 0.29) is 12.3 Å². The Balaban J connectivity index is 1.61. The Labute approximate surface area is 123 Å². The predicted octanol–water partition coefficient (Wildman–Crippen LogP) is 2.98. The van der Waals surface area contributed by atoms with Gasteiger partial charge in [-0.2, -0.15) is 0 Å². The van der Waals surface area contributed by atoms with Crippen molar-refractivity contribution in [1.29, 1.82) is 0 Å². The first-order chi connectivity index (χ1) is 10.1. The summed E-state index contributed by atoms with van der Waals surface area (Å²) in [5, 5.41) is 13.0. The summed E-state index contributed by atoms with van der Waals surface area (Å²) in [6, 6.07) is 7.35. The predicted molar refractivity (Wildman–Crippen MR) is 78.6 cm³/mol. The molecule has 0 spiro atoms. The summed E-state index contributed by atoms with van der Waals surface area (Å²) in [7, 11) is 0. The van der Waals surface area contributed by atoms with Crippen LogP contribution in [-0.4, -0.2) is 21.6 Å². The van der Waals surface area contributed by atoms with Crippen molar-refractivity contribution in [3.63, 3.8) is 0 Å². The normalized spacial score (nSPS) is 16.8. The number of aliphatic hydroxyl groups is 1. The van der Waals surface area contributed by atoms with E-state index in [0.29, 0.717) is 24.3 Å². The molecule has 21 heavy (non-hydrogen) atoms. The average molecular weight is 286 g/mol. The summed E-state index contributed by atoms with van der Waals surface area (Å²) in [4.78, 5) is 15.9. The first-order valence-electron chi connectivity index (χ1n) is 7.16. The smallest absolute Gasteiger partial charge is 0.227 e. The Morgan fingerprint density at radius 2 is 2.00 bits per heavy atom. The molecule has 110 valence electrons. The Kier molecular flexibility index (Phi) is 3.75. The van der Waals surface area contributed by atoms with Crippen molar-refractivity contribution in [3.8, 4) is 11.3 Å². The molecule has 1 amide bonds. The van der Waals surface area contributed by atoms with Gasteiger partial charge in [0.15, 0.2) is 12.2 Å². The second-order valence-corrected chi connectivity index (χ2v) is 5.60. The van der Waals surface area contributed by atoms with Gasteiger partial charge in [0.2, 0.25) is 5.91 Å². The lowest BCUT2D eigenvalue weighted by Gasteiger charge is -2.21. The maximum Gasteiger partial charge on any atom is 0.227 e. The van der Waals surface area contributed by atoms with Crippen molar-refractivity contribution in [1.82, 2.24) is 4.98 Å². The highest BCUT2D eigenvalue weighted by atomic mass is 16.3. The summed E-state index contributed by atoms with van der Waals surface area (Å²) in [6.07, 6.45) is 6.61. The van der Waals surface area contributed by atoms with E-state index in [2.05, 4.69) is 10.3 Å². The van der Waals surface area contributed by atoms with Gasteiger partial charge in [0.25, 0.3) is 0 Å². The Morgan fingerprint density at radius 3 is 2.62 bits per heavy atom. The molecule has 1 aliphatic rings. The molecule has 1 heterocycles. The number of hydrogen-bond donors (Lipinski definition) is 2. The molecule has 0 saturated heterocycles. The van der Waals surface area contributed by atoms with Crippen LogP contribution in [0.25, 0.3) is 11.3 Å². The molecular formula is C16H18N2O3. The lowest BCUT2D eigenvalue weighted by Crippen LogP contribution is -2.30. The van der Waals surface area contributed by atoms with Crippen LogP contribution in [0.4, 0.5) is 5.69 Å². The summed E-state index contributed by atoms with van der Waals surface area (Å²) >= 11 is 0. The fraction of sp³-hybridized carbons (Fsp3) is 0.375. The number of amides is 1. The van der Waals surface area contributed by atoms with Gasteiger partial charge in [0.1, 0.15) is 0 Å². The molecule has 0 bridgehead atoms. The SMILES string of the molecule is O=C(CC1(O)CCCC1)Nc1ccc(-c2cnco2)cc1. The minimum absolute atomic E-state index is 0.146. The van der Waals surface area contributed by atoms with Crippen molar-refractivity contribution >= 4 is 11.6 Å². The average Bonchev–Trinajstić information content (AvgIpc) is 3.11. The minimum Gasteiger partial charge on any atom is -0.444 e. The van der Waals surface area contributed by atoms with Crippen LogP contribution >= 0.6 is 0 Å². The van der Waals surface area contributed by atoms with Gasteiger partial charge in [-0.3, -0.25) is 4.79 Å². The van der Waals surface area contributed by atoms with Crippen LogP contribution in [0.2, 0.25) is 0 Å². The third-order valence-electron chi connectivity index (χ3n) is 3.91. The second kappa shape index (κ2) is 5.69. The fourth-order valence-corrected chi connectivity index (χ4v) is 2.79. The molecule has 1 aromatic carbocycles. The first-order valence-corrected chi connectivity index (χ1v) is 7.16. The summed E-state index contributed by atoms with van der Waals surface area (Å²) in [6.45, 7) is 0. The number of rotatable bonds is 4. The quantitative estimate of drug-likeness (QED) is 0.906. The fourth-order valence-electron chi connectivity index (χ4n) is 2.79. The van der Waals surface area contributed by atoms with Crippen molar-refractivity contribution in [2.75, 3.05) is 5.32 Å². The first kappa shape index (κ1) is 13.8. The Bertz CT molecular complexity index is 599. The van der Waals surface area contributed by atoms with E-state index in [1.165, 1.54) is 6.39 Å². The van der Waals surface area contributed by atoms with Gasteiger partial charge in [-0.1, -0.05) is 12.8 Å². The summed E-state index contributed by atoms with van der Waals surface area (Å²) in [5.74, 6) is 0.542. The summed E-state index contributed by atoms with van der Waals surface area (Å²) in [5.41, 5.74) is 0.800. The van der Waals surface area contributed by atoms with Gasteiger partial charge in [-0.15, -0.1) is 0 Å². The van der Waals surface area contributed by atoms with Crippen LogP contribution in [0, 0.1) is 0 Å². The molecule has 1 saturated carbocycles. The molecule has 1 aromatic heterocycles. The lowest BCUT2D eigenvalue weighted by atomic mass is 9.97. The molecule has 0 aliphatic heterocycles. The number of oxazole rings is 1. The standard InChI is InChI=1S/C16H18N2O3/c19-15(9-16(20)7-1-2-8-16)18-13-5-3-12(4-6-13)14-10-17-11-21-14/h3-6,10-11,20H,1-2,7-9H2,(H,18,19). The van der Waals surface area contributed by atoms with E-state index < -0.39 is 5.60 Å². The van der Waals surface area contributed by atoms with Gasteiger partial charge < -0.3 is 14.8 Å². The molecule has 0 atom stereocenters. The number of carbonyl (C=O) groups is 1. The molecule has 5 heteroatoms. The zero-order chi connectivity index (χ0) is 14.7. The van der Waals surface area contributed by atoms with Gasteiger partial charge in [0.05, 0.1) is 18.2 Å². The third kappa shape index (κ3) is 3.31. The number of nitrogens with zero attached hydrogens (tertiary/aromatic N) is 1. The number of anilines is 1. The van der Waals surface area contributed by atoms with Crippen LogP contribution in [0.3, 0.4) is 0 Å². The maximum absolute atomic E-state index is 12.0. The Hall–Kier alpha value is -2.14. The highest BCUT2D eigenvalue weighted by Crippen LogP contribution is 2.32. The van der Waals surface area contributed by atoms with E-state index in [9.17, 15) is 9.90 Å². The van der Waals surface area contributed by atoms with Crippen LogP contribution in [0.1, 0.15) is 32.1 Å². The molecule has 2 N–H and O–H groups in total.